The summed E-state index contributed by atoms with van der Waals surface area (Å²) in [7, 11) is 0. The van der Waals surface area contributed by atoms with E-state index >= 15 is 0 Å². The van der Waals surface area contributed by atoms with Crippen molar-refractivity contribution in [3.8, 4) is 5.75 Å². The molecule has 3 aromatic carbocycles. The van der Waals surface area contributed by atoms with E-state index in [1.807, 2.05) is 24.3 Å². The molecule has 0 aliphatic rings. The molecule has 0 aromatic heterocycles. The van der Waals surface area contributed by atoms with Gasteiger partial charge in [-0.1, -0.05) is 41.4 Å². The van der Waals surface area contributed by atoms with E-state index in [4.69, 9.17) is 32.7 Å². The molecular weight excluding hydrogens is 488 g/mol. The molecule has 0 atom stereocenters. The fourth-order valence-electron chi connectivity index (χ4n) is 3.27. The topological polar surface area (TPSA) is 47.6 Å². The van der Waals surface area contributed by atoms with E-state index in [2.05, 4.69) is 5.32 Å². The number of hydrogen-bond donors (Lipinski definition) is 1. The molecule has 0 fully saturated rings. The van der Waals surface area contributed by atoms with Gasteiger partial charge in [-0.2, -0.15) is 0 Å². The van der Waals surface area contributed by atoms with Gasteiger partial charge in [-0.05, 0) is 92.2 Å². The van der Waals surface area contributed by atoms with E-state index in [0.717, 1.165) is 31.5 Å². The number of ether oxygens (including phenoxy) is 2. The minimum atomic E-state index is -0.207. The van der Waals surface area contributed by atoms with Crippen LogP contribution >= 0.6 is 23.2 Å². The lowest BCUT2D eigenvalue weighted by Crippen LogP contribution is -2.19. The van der Waals surface area contributed by atoms with Gasteiger partial charge in [0.2, 0.25) is 0 Å². The van der Waals surface area contributed by atoms with Crippen molar-refractivity contribution in [2.24, 2.45) is 0 Å². The van der Waals surface area contributed by atoms with Crippen LogP contribution < -0.4 is 10.1 Å². The van der Waals surface area contributed by atoms with E-state index < -0.39 is 0 Å². The van der Waals surface area contributed by atoms with Crippen molar-refractivity contribution < 1.29 is 18.7 Å². The fourth-order valence-corrected chi connectivity index (χ4v) is 3.65. The summed E-state index contributed by atoms with van der Waals surface area (Å²) in [5.74, 6) is 0.208. The second-order valence-electron chi connectivity index (χ2n) is 7.82. The molecule has 0 saturated carbocycles. The molecule has 0 unspecified atom stereocenters. The molecule has 0 heterocycles. The van der Waals surface area contributed by atoms with Crippen molar-refractivity contribution in [3.63, 3.8) is 0 Å². The van der Waals surface area contributed by atoms with E-state index in [-0.39, 0.29) is 11.6 Å². The summed E-state index contributed by atoms with van der Waals surface area (Å²) in [6, 6.07) is 18.3. The van der Waals surface area contributed by atoms with Gasteiger partial charge < -0.3 is 14.8 Å². The average Bonchev–Trinajstić information content (AvgIpc) is 2.86. The minimum absolute atomic E-state index is 0.168. The van der Waals surface area contributed by atoms with Crippen LogP contribution in [0.4, 0.5) is 4.39 Å². The van der Waals surface area contributed by atoms with Crippen LogP contribution in [0.2, 0.25) is 10.0 Å². The van der Waals surface area contributed by atoms with E-state index in [0.29, 0.717) is 46.7 Å². The summed E-state index contributed by atoms with van der Waals surface area (Å²) in [4.78, 5) is 12.6. The van der Waals surface area contributed by atoms with E-state index in [1.165, 1.54) is 12.1 Å². The molecule has 0 radical (unpaired) electrons. The smallest absolute Gasteiger partial charge is 0.194 e. The Kier molecular flexibility index (Phi) is 11.3. The standard InChI is InChI=1S/C28H28Cl2FNO3/c29-23-8-6-22(7-9-23)28(33)26-13-12-25(20-27(26)30)35-19-2-1-17-34-18-3-15-32-16-14-21-4-10-24(31)11-5-21/h1-2,4-13,20,32H,3,14-19H2/b2-1+. The Balaban J connectivity index is 1.25. The summed E-state index contributed by atoms with van der Waals surface area (Å²) >= 11 is 12.2. The molecule has 3 rings (SSSR count). The first kappa shape index (κ1) is 26.9. The van der Waals surface area contributed by atoms with Gasteiger partial charge in [0.05, 0.1) is 11.6 Å². The van der Waals surface area contributed by atoms with Gasteiger partial charge in [-0.15, -0.1) is 0 Å². The number of carbonyl (C=O) groups excluding carboxylic acids is 1. The molecule has 0 aliphatic heterocycles. The predicted molar refractivity (Wildman–Crippen MR) is 139 cm³/mol. The highest BCUT2D eigenvalue weighted by Gasteiger charge is 2.13. The maximum Gasteiger partial charge on any atom is 0.194 e. The quantitative estimate of drug-likeness (QED) is 0.150. The molecule has 184 valence electrons. The molecular formula is C28H28Cl2FNO3. The lowest BCUT2D eigenvalue weighted by Gasteiger charge is -2.08. The van der Waals surface area contributed by atoms with Crippen LogP contribution in [0.3, 0.4) is 0 Å². The van der Waals surface area contributed by atoms with Crippen molar-refractivity contribution in [2.75, 3.05) is 32.9 Å². The number of carbonyl (C=O) groups is 1. The summed E-state index contributed by atoms with van der Waals surface area (Å²) in [5.41, 5.74) is 2.05. The number of halogens is 3. The van der Waals surface area contributed by atoms with Crippen molar-refractivity contribution in [1.29, 1.82) is 0 Å². The normalized spacial score (nSPS) is 11.2. The van der Waals surface area contributed by atoms with Gasteiger partial charge >= 0.3 is 0 Å². The zero-order chi connectivity index (χ0) is 24.9. The molecule has 0 amide bonds. The SMILES string of the molecule is O=C(c1ccc(Cl)cc1)c1ccc(OC/C=C/COCCCNCCc2ccc(F)cc2)cc1Cl. The van der Waals surface area contributed by atoms with Gasteiger partial charge in [0.1, 0.15) is 18.2 Å². The van der Waals surface area contributed by atoms with Crippen LogP contribution in [-0.2, 0) is 11.2 Å². The number of benzene rings is 3. The Morgan fingerprint density at radius 1 is 0.914 bits per heavy atom. The Hall–Kier alpha value is -2.70. The third-order valence-electron chi connectivity index (χ3n) is 5.16. The first-order chi connectivity index (χ1) is 17.0. The second-order valence-corrected chi connectivity index (χ2v) is 8.66. The molecule has 0 saturated heterocycles. The molecule has 1 N–H and O–H groups in total. The van der Waals surface area contributed by atoms with Gasteiger partial charge in [0.25, 0.3) is 0 Å². The number of nitrogens with one attached hydrogen (secondary N) is 1. The minimum Gasteiger partial charge on any atom is -0.489 e. The van der Waals surface area contributed by atoms with Crippen molar-refractivity contribution in [3.05, 3.63) is 111 Å². The third kappa shape index (κ3) is 9.46. The molecule has 0 bridgehead atoms. The molecule has 7 heteroatoms. The monoisotopic (exact) mass is 515 g/mol. The molecule has 4 nitrogen and oxygen atoms in total. The highest BCUT2D eigenvalue weighted by molar-refractivity contribution is 6.35. The van der Waals surface area contributed by atoms with Crippen LogP contribution in [0.25, 0.3) is 0 Å². The van der Waals surface area contributed by atoms with Crippen molar-refractivity contribution in [2.45, 2.75) is 12.8 Å². The number of hydrogen-bond acceptors (Lipinski definition) is 4. The summed E-state index contributed by atoms with van der Waals surface area (Å²) in [6.45, 7) is 3.26. The Morgan fingerprint density at radius 3 is 2.40 bits per heavy atom. The maximum absolute atomic E-state index is 12.9. The Labute approximate surface area is 215 Å². The van der Waals surface area contributed by atoms with Gasteiger partial charge in [0.15, 0.2) is 5.78 Å². The first-order valence-electron chi connectivity index (χ1n) is 11.4. The lowest BCUT2D eigenvalue weighted by molar-refractivity contribution is 0.103. The predicted octanol–water partition coefficient (Wildman–Crippen LogP) is 6.54. The van der Waals surface area contributed by atoms with Crippen LogP contribution in [0.1, 0.15) is 27.9 Å². The van der Waals surface area contributed by atoms with Gasteiger partial charge in [-0.25, -0.2) is 4.39 Å². The van der Waals surface area contributed by atoms with Crippen LogP contribution in [0.15, 0.2) is 78.9 Å². The second kappa shape index (κ2) is 14.6. The fraction of sp³-hybridized carbons (Fsp3) is 0.250. The summed E-state index contributed by atoms with van der Waals surface area (Å²) in [5, 5.41) is 4.26. The maximum atomic E-state index is 12.9. The van der Waals surface area contributed by atoms with Gasteiger partial charge in [-0.3, -0.25) is 4.79 Å². The molecule has 35 heavy (non-hydrogen) atoms. The van der Waals surface area contributed by atoms with E-state index in [1.54, 1.807) is 42.5 Å². The van der Waals surface area contributed by atoms with Crippen LogP contribution in [0, 0.1) is 5.82 Å². The first-order valence-corrected chi connectivity index (χ1v) is 12.2. The highest BCUT2D eigenvalue weighted by atomic mass is 35.5. The largest absolute Gasteiger partial charge is 0.489 e. The Bertz CT molecular complexity index is 1100. The van der Waals surface area contributed by atoms with Gasteiger partial charge in [0, 0.05) is 22.8 Å². The van der Waals surface area contributed by atoms with E-state index in [9.17, 15) is 9.18 Å². The highest BCUT2D eigenvalue weighted by Crippen LogP contribution is 2.25. The molecule has 3 aromatic rings. The molecule has 0 aliphatic carbocycles. The van der Waals surface area contributed by atoms with Crippen LogP contribution in [0.5, 0.6) is 5.75 Å². The Morgan fingerprint density at radius 2 is 1.66 bits per heavy atom. The zero-order valence-electron chi connectivity index (χ0n) is 19.3. The van der Waals surface area contributed by atoms with Crippen molar-refractivity contribution in [1.82, 2.24) is 5.32 Å². The molecule has 0 spiro atoms. The number of rotatable bonds is 14. The lowest BCUT2D eigenvalue weighted by atomic mass is 10.0. The number of ketones is 1. The average molecular weight is 516 g/mol. The zero-order valence-corrected chi connectivity index (χ0v) is 20.8. The third-order valence-corrected chi connectivity index (χ3v) is 5.73. The summed E-state index contributed by atoms with van der Waals surface area (Å²) in [6.07, 6.45) is 5.56. The van der Waals surface area contributed by atoms with Crippen molar-refractivity contribution >= 4 is 29.0 Å². The van der Waals surface area contributed by atoms with Crippen LogP contribution in [-0.4, -0.2) is 38.7 Å². The summed E-state index contributed by atoms with van der Waals surface area (Å²) < 4.78 is 24.1.